The Bertz CT molecular complexity index is 1540. The molecule has 0 atom stereocenters. The van der Waals surface area contributed by atoms with Crippen LogP contribution in [0.4, 0.5) is 10.1 Å². The maximum atomic E-state index is 13.9. The van der Waals surface area contributed by atoms with Gasteiger partial charge >= 0.3 is 5.97 Å². The van der Waals surface area contributed by atoms with Crippen LogP contribution in [-0.4, -0.2) is 23.6 Å². The summed E-state index contributed by atoms with van der Waals surface area (Å²) < 4.78 is 31.0. The van der Waals surface area contributed by atoms with E-state index in [2.05, 4.69) is 43.2 Å². The van der Waals surface area contributed by atoms with E-state index in [1.165, 1.54) is 19.1 Å². The highest BCUT2D eigenvalue weighted by molar-refractivity contribution is 5.88. The van der Waals surface area contributed by atoms with Crippen LogP contribution in [0.1, 0.15) is 44.4 Å². The first-order valence-corrected chi connectivity index (χ1v) is 13.3. The van der Waals surface area contributed by atoms with Crippen molar-refractivity contribution in [2.75, 3.05) is 12.4 Å². The second-order valence-electron chi connectivity index (χ2n) is 10.4. The molecule has 212 valence electrons. The third-order valence-corrected chi connectivity index (χ3v) is 6.55. The number of methoxy groups -OCH3 is 1. The lowest BCUT2D eigenvalue weighted by molar-refractivity contribution is -0.131. The number of hydrogen-bond donors (Lipinski definition) is 1. The summed E-state index contributed by atoms with van der Waals surface area (Å²) in [6.45, 7) is 9.81. The van der Waals surface area contributed by atoms with E-state index in [0.29, 0.717) is 17.2 Å². The maximum Gasteiger partial charge on any atom is 0.308 e. The SMILES string of the molecule is COc1cc(OC(C)=O)ccc1-c1ccc2c(c1COc1cc(F)ccc1C)C(C)=CC(C)(C)N2.c1ccncc1. The van der Waals surface area contributed by atoms with Gasteiger partial charge in [-0.1, -0.05) is 24.3 Å². The molecule has 5 rings (SSSR count). The fourth-order valence-corrected chi connectivity index (χ4v) is 4.92. The number of hydrogen-bond acceptors (Lipinski definition) is 6. The van der Waals surface area contributed by atoms with Crippen molar-refractivity contribution in [1.29, 1.82) is 0 Å². The van der Waals surface area contributed by atoms with Crippen LogP contribution in [0, 0.1) is 12.7 Å². The first kappa shape index (κ1) is 29.3. The van der Waals surface area contributed by atoms with E-state index < -0.39 is 5.97 Å². The summed E-state index contributed by atoms with van der Waals surface area (Å²) in [6.07, 6.45) is 5.69. The summed E-state index contributed by atoms with van der Waals surface area (Å²) in [6, 6.07) is 19.6. The standard InChI is InChI=1S/C29H30FNO4.C5H5N/c1-17-7-8-20(30)13-26(17)34-16-24-22(11-12-25-28(24)18(2)15-29(4,5)31-25)23-10-9-21(35-19(3)32)14-27(23)33-6;1-2-4-6-5-3-1/h7-15,31H,16H2,1-6H3;1-5H. The molecule has 0 saturated carbocycles. The van der Waals surface area contributed by atoms with Gasteiger partial charge in [-0.25, -0.2) is 4.39 Å². The van der Waals surface area contributed by atoms with Crippen LogP contribution in [-0.2, 0) is 11.4 Å². The Kier molecular flexibility index (Phi) is 9.07. The normalized spacial score (nSPS) is 13.0. The molecule has 2 heterocycles. The second-order valence-corrected chi connectivity index (χ2v) is 10.4. The van der Waals surface area contributed by atoms with Crippen molar-refractivity contribution in [3.05, 3.63) is 108 Å². The molecule has 41 heavy (non-hydrogen) atoms. The average molecular weight is 555 g/mol. The molecule has 1 aromatic heterocycles. The van der Waals surface area contributed by atoms with Gasteiger partial charge in [0.25, 0.3) is 0 Å². The van der Waals surface area contributed by atoms with E-state index in [1.807, 2.05) is 37.3 Å². The Morgan fingerprint density at radius 3 is 2.32 bits per heavy atom. The minimum absolute atomic E-state index is 0.195. The minimum Gasteiger partial charge on any atom is -0.496 e. The van der Waals surface area contributed by atoms with Crippen LogP contribution in [0.25, 0.3) is 16.7 Å². The number of carbonyl (C=O) groups is 1. The number of pyridine rings is 1. The van der Waals surface area contributed by atoms with E-state index >= 15 is 0 Å². The summed E-state index contributed by atoms with van der Waals surface area (Å²) in [5.74, 6) is 0.725. The van der Waals surface area contributed by atoms with Gasteiger partial charge < -0.3 is 19.5 Å². The lowest BCUT2D eigenvalue weighted by Crippen LogP contribution is -2.32. The third kappa shape index (κ3) is 7.31. The molecule has 3 aromatic carbocycles. The van der Waals surface area contributed by atoms with E-state index in [9.17, 15) is 9.18 Å². The van der Waals surface area contributed by atoms with Crippen molar-refractivity contribution in [3.63, 3.8) is 0 Å². The number of fused-ring (bicyclic) bond motifs is 1. The molecule has 0 unspecified atom stereocenters. The minimum atomic E-state index is -0.400. The molecule has 6 nitrogen and oxygen atoms in total. The first-order valence-electron chi connectivity index (χ1n) is 13.3. The van der Waals surface area contributed by atoms with E-state index in [-0.39, 0.29) is 18.0 Å². The van der Waals surface area contributed by atoms with Crippen LogP contribution in [0.3, 0.4) is 0 Å². The first-order chi connectivity index (χ1) is 19.6. The molecule has 0 bridgehead atoms. The Labute approximate surface area is 240 Å². The molecule has 4 aromatic rings. The van der Waals surface area contributed by atoms with Gasteiger partial charge in [0.1, 0.15) is 29.7 Å². The summed E-state index contributed by atoms with van der Waals surface area (Å²) in [5, 5.41) is 3.58. The maximum absolute atomic E-state index is 13.9. The Morgan fingerprint density at radius 1 is 0.951 bits per heavy atom. The quantitative estimate of drug-likeness (QED) is 0.192. The summed E-state index contributed by atoms with van der Waals surface area (Å²) in [4.78, 5) is 15.2. The number of allylic oxidation sites excluding steroid dienone is 1. The predicted octanol–water partition coefficient (Wildman–Crippen LogP) is 8.00. The smallest absolute Gasteiger partial charge is 0.308 e. The van der Waals surface area contributed by atoms with Crippen LogP contribution in [0.15, 0.2) is 85.2 Å². The summed E-state index contributed by atoms with van der Waals surface area (Å²) in [7, 11) is 1.58. The van der Waals surface area contributed by atoms with Gasteiger partial charge in [0.2, 0.25) is 0 Å². The van der Waals surface area contributed by atoms with Gasteiger partial charge in [0.05, 0.1) is 12.6 Å². The van der Waals surface area contributed by atoms with Crippen molar-refractivity contribution in [1.82, 2.24) is 4.98 Å². The fourth-order valence-electron chi connectivity index (χ4n) is 4.92. The van der Waals surface area contributed by atoms with E-state index in [4.69, 9.17) is 14.2 Å². The number of ether oxygens (including phenoxy) is 3. The number of nitrogens with zero attached hydrogens (tertiary/aromatic N) is 1. The molecule has 1 aliphatic rings. The molecule has 7 heteroatoms. The lowest BCUT2D eigenvalue weighted by atomic mass is 9.85. The number of halogens is 1. The number of aryl methyl sites for hydroxylation is 1. The molecule has 0 fully saturated rings. The third-order valence-electron chi connectivity index (χ3n) is 6.55. The van der Waals surface area contributed by atoms with Crippen molar-refractivity contribution in [3.8, 4) is 28.4 Å². The number of rotatable bonds is 6. The molecule has 1 N–H and O–H groups in total. The second kappa shape index (κ2) is 12.7. The summed E-state index contributed by atoms with van der Waals surface area (Å²) >= 11 is 0. The van der Waals surface area contributed by atoms with Crippen LogP contribution in [0.5, 0.6) is 17.2 Å². The monoisotopic (exact) mass is 554 g/mol. The van der Waals surface area contributed by atoms with Crippen molar-refractivity contribution in [2.24, 2.45) is 0 Å². The average Bonchev–Trinajstić information content (AvgIpc) is 2.93. The molecule has 0 amide bonds. The van der Waals surface area contributed by atoms with Crippen molar-refractivity contribution >= 4 is 17.2 Å². The number of carbonyl (C=O) groups excluding carboxylic acids is 1. The van der Waals surface area contributed by atoms with Crippen LogP contribution >= 0.6 is 0 Å². The van der Waals surface area contributed by atoms with Gasteiger partial charge in [-0.15, -0.1) is 0 Å². The summed E-state index contributed by atoms with van der Waals surface area (Å²) in [5.41, 5.74) is 6.52. The Hall–Kier alpha value is -4.65. The zero-order valence-corrected chi connectivity index (χ0v) is 24.2. The van der Waals surface area contributed by atoms with Crippen molar-refractivity contribution in [2.45, 2.75) is 46.8 Å². The topological polar surface area (TPSA) is 69.7 Å². The molecular formula is C34H35FN2O4. The molecule has 0 aliphatic carbocycles. The van der Waals surface area contributed by atoms with Crippen molar-refractivity contribution < 1.29 is 23.4 Å². The van der Waals surface area contributed by atoms with E-state index in [0.717, 1.165) is 39.1 Å². The highest BCUT2D eigenvalue weighted by Crippen LogP contribution is 2.43. The zero-order chi connectivity index (χ0) is 29.6. The number of anilines is 1. The molecule has 0 saturated heterocycles. The van der Waals surface area contributed by atoms with Gasteiger partial charge in [-0.3, -0.25) is 9.78 Å². The van der Waals surface area contributed by atoms with Gasteiger partial charge in [0.15, 0.2) is 0 Å². The van der Waals surface area contributed by atoms with E-state index in [1.54, 1.807) is 37.7 Å². The number of esters is 1. The number of nitrogens with one attached hydrogen (secondary N) is 1. The Balaban J connectivity index is 0.000000572. The number of benzene rings is 3. The predicted molar refractivity (Wildman–Crippen MR) is 161 cm³/mol. The lowest BCUT2D eigenvalue weighted by Gasteiger charge is -2.33. The Morgan fingerprint density at radius 2 is 1.68 bits per heavy atom. The van der Waals surface area contributed by atoms with Crippen LogP contribution < -0.4 is 19.5 Å². The largest absolute Gasteiger partial charge is 0.496 e. The molecule has 1 aliphatic heterocycles. The zero-order valence-electron chi connectivity index (χ0n) is 24.2. The van der Waals surface area contributed by atoms with Gasteiger partial charge in [-0.2, -0.15) is 0 Å². The number of aromatic nitrogens is 1. The highest BCUT2D eigenvalue weighted by Gasteiger charge is 2.27. The molecule has 0 radical (unpaired) electrons. The molecule has 0 spiro atoms. The van der Waals surface area contributed by atoms with Gasteiger partial charge in [0, 0.05) is 53.8 Å². The van der Waals surface area contributed by atoms with Gasteiger partial charge in [-0.05, 0) is 80.8 Å². The molecular weight excluding hydrogens is 519 g/mol. The fraction of sp³-hybridized carbons (Fsp3) is 0.235. The van der Waals surface area contributed by atoms with Crippen LogP contribution in [0.2, 0.25) is 0 Å². The highest BCUT2D eigenvalue weighted by atomic mass is 19.1.